The summed E-state index contributed by atoms with van der Waals surface area (Å²) < 4.78 is 5.01. The molecule has 2 N–H and O–H groups in total. The molecular weight excluding hydrogens is 244 g/mol. The Morgan fingerprint density at radius 1 is 1.37 bits per heavy atom. The van der Waals surface area contributed by atoms with Crippen LogP contribution in [0, 0.1) is 23.7 Å². The SMILES string of the molecule is CC1CCC(C(C)C)C(CC(=O)OCC(O)CO)C1. The zero-order valence-corrected chi connectivity index (χ0v) is 12.3. The van der Waals surface area contributed by atoms with E-state index in [2.05, 4.69) is 20.8 Å². The lowest BCUT2D eigenvalue weighted by Crippen LogP contribution is -2.30. The summed E-state index contributed by atoms with van der Waals surface area (Å²) in [7, 11) is 0. The summed E-state index contributed by atoms with van der Waals surface area (Å²) in [5.74, 6) is 2.00. The van der Waals surface area contributed by atoms with Crippen LogP contribution in [0.25, 0.3) is 0 Å². The van der Waals surface area contributed by atoms with Gasteiger partial charge in [0, 0.05) is 6.42 Å². The number of esters is 1. The van der Waals surface area contributed by atoms with Crippen molar-refractivity contribution >= 4 is 5.97 Å². The van der Waals surface area contributed by atoms with Crippen LogP contribution < -0.4 is 0 Å². The summed E-state index contributed by atoms with van der Waals surface area (Å²) in [6.07, 6.45) is 2.99. The fourth-order valence-electron chi connectivity index (χ4n) is 3.15. The Kier molecular flexibility index (Phi) is 6.80. The average Bonchev–Trinajstić information content (AvgIpc) is 2.35. The molecule has 4 nitrogen and oxygen atoms in total. The molecule has 0 heterocycles. The van der Waals surface area contributed by atoms with Crippen molar-refractivity contribution in [3.63, 3.8) is 0 Å². The maximum absolute atomic E-state index is 11.8. The highest BCUT2D eigenvalue weighted by molar-refractivity contribution is 5.69. The van der Waals surface area contributed by atoms with E-state index < -0.39 is 6.10 Å². The van der Waals surface area contributed by atoms with E-state index >= 15 is 0 Å². The van der Waals surface area contributed by atoms with Crippen molar-refractivity contribution < 1.29 is 19.7 Å². The van der Waals surface area contributed by atoms with E-state index in [1.807, 2.05) is 0 Å². The van der Waals surface area contributed by atoms with Gasteiger partial charge in [-0.1, -0.05) is 27.2 Å². The van der Waals surface area contributed by atoms with E-state index in [0.29, 0.717) is 30.1 Å². The lowest BCUT2D eigenvalue weighted by Gasteiger charge is -2.37. The summed E-state index contributed by atoms with van der Waals surface area (Å²) in [5.41, 5.74) is 0. The topological polar surface area (TPSA) is 66.8 Å². The number of aliphatic hydroxyl groups excluding tert-OH is 2. The fourth-order valence-corrected chi connectivity index (χ4v) is 3.15. The van der Waals surface area contributed by atoms with Crippen LogP contribution in [0.1, 0.15) is 46.5 Å². The first-order valence-electron chi connectivity index (χ1n) is 7.38. The molecule has 1 aliphatic carbocycles. The van der Waals surface area contributed by atoms with Gasteiger partial charge >= 0.3 is 5.97 Å². The predicted molar refractivity (Wildman–Crippen MR) is 73.5 cm³/mol. The lowest BCUT2D eigenvalue weighted by atomic mass is 9.69. The van der Waals surface area contributed by atoms with E-state index in [1.54, 1.807) is 0 Å². The van der Waals surface area contributed by atoms with Gasteiger partial charge in [0.15, 0.2) is 0 Å². The number of aliphatic hydroxyl groups is 2. The van der Waals surface area contributed by atoms with Gasteiger partial charge < -0.3 is 14.9 Å². The average molecular weight is 272 g/mol. The third kappa shape index (κ3) is 5.49. The number of carbonyl (C=O) groups is 1. The third-order valence-electron chi connectivity index (χ3n) is 4.24. The first kappa shape index (κ1) is 16.4. The molecule has 4 heteroatoms. The molecule has 0 radical (unpaired) electrons. The maximum Gasteiger partial charge on any atom is 0.306 e. The molecule has 19 heavy (non-hydrogen) atoms. The van der Waals surface area contributed by atoms with Gasteiger partial charge in [-0.15, -0.1) is 0 Å². The first-order chi connectivity index (χ1) is 8.93. The summed E-state index contributed by atoms with van der Waals surface area (Å²) in [6.45, 7) is 6.19. The van der Waals surface area contributed by atoms with Gasteiger partial charge in [-0.2, -0.15) is 0 Å². The highest BCUT2D eigenvalue weighted by Crippen LogP contribution is 2.39. The quantitative estimate of drug-likeness (QED) is 0.726. The fraction of sp³-hybridized carbons (Fsp3) is 0.933. The minimum absolute atomic E-state index is 0.107. The Labute approximate surface area is 116 Å². The van der Waals surface area contributed by atoms with Crippen LogP contribution in [0.3, 0.4) is 0 Å². The molecule has 0 aromatic rings. The second-order valence-electron chi connectivity index (χ2n) is 6.31. The summed E-state index contributed by atoms with van der Waals surface area (Å²) >= 11 is 0. The van der Waals surface area contributed by atoms with Crippen LogP contribution in [-0.4, -0.2) is 35.5 Å². The Hall–Kier alpha value is -0.610. The van der Waals surface area contributed by atoms with Crippen LogP contribution in [-0.2, 0) is 9.53 Å². The molecule has 1 saturated carbocycles. The van der Waals surface area contributed by atoms with Crippen molar-refractivity contribution in [2.75, 3.05) is 13.2 Å². The number of hydrogen-bond acceptors (Lipinski definition) is 4. The molecule has 4 unspecified atom stereocenters. The second-order valence-corrected chi connectivity index (χ2v) is 6.31. The summed E-state index contributed by atoms with van der Waals surface area (Å²) in [6, 6.07) is 0. The summed E-state index contributed by atoms with van der Waals surface area (Å²) in [4.78, 5) is 11.8. The molecule has 0 bridgehead atoms. The maximum atomic E-state index is 11.8. The second kappa shape index (κ2) is 7.85. The minimum Gasteiger partial charge on any atom is -0.463 e. The van der Waals surface area contributed by atoms with E-state index in [4.69, 9.17) is 14.9 Å². The molecule has 0 aromatic heterocycles. The van der Waals surface area contributed by atoms with Gasteiger partial charge in [-0.25, -0.2) is 0 Å². The van der Waals surface area contributed by atoms with Crippen LogP contribution in [0.4, 0.5) is 0 Å². The summed E-state index contributed by atoms with van der Waals surface area (Å²) in [5, 5.41) is 17.8. The molecule has 0 spiro atoms. The van der Waals surface area contributed by atoms with Crippen LogP contribution in [0.2, 0.25) is 0 Å². The van der Waals surface area contributed by atoms with Gasteiger partial charge in [0.25, 0.3) is 0 Å². The van der Waals surface area contributed by atoms with E-state index in [0.717, 1.165) is 6.42 Å². The van der Waals surface area contributed by atoms with Crippen molar-refractivity contribution in [3.05, 3.63) is 0 Å². The Morgan fingerprint density at radius 2 is 2.05 bits per heavy atom. The minimum atomic E-state index is -0.963. The Bertz CT molecular complexity index is 277. The monoisotopic (exact) mass is 272 g/mol. The highest BCUT2D eigenvalue weighted by Gasteiger charge is 2.32. The Balaban J connectivity index is 2.44. The molecule has 0 saturated heterocycles. The third-order valence-corrected chi connectivity index (χ3v) is 4.24. The molecular formula is C15H28O4. The molecule has 0 aliphatic heterocycles. The van der Waals surface area contributed by atoms with Crippen molar-refractivity contribution in [1.29, 1.82) is 0 Å². The van der Waals surface area contributed by atoms with Crippen molar-refractivity contribution in [2.45, 2.75) is 52.6 Å². The molecule has 112 valence electrons. The van der Waals surface area contributed by atoms with E-state index in [1.165, 1.54) is 12.8 Å². The van der Waals surface area contributed by atoms with Crippen molar-refractivity contribution in [3.8, 4) is 0 Å². The lowest BCUT2D eigenvalue weighted by molar-refractivity contribution is -0.149. The largest absolute Gasteiger partial charge is 0.463 e. The van der Waals surface area contributed by atoms with Crippen LogP contribution in [0.15, 0.2) is 0 Å². The molecule has 0 aromatic carbocycles. The van der Waals surface area contributed by atoms with Crippen LogP contribution >= 0.6 is 0 Å². The van der Waals surface area contributed by atoms with Gasteiger partial charge in [-0.3, -0.25) is 4.79 Å². The number of rotatable bonds is 6. The highest BCUT2D eigenvalue weighted by atomic mass is 16.5. The molecule has 4 atom stereocenters. The van der Waals surface area contributed by atoms with Crippen molar-refractivity contribution in [1.82, 2.24) is 0 Å². The van der Waals surface area contributed by atoms with Gasteiger partial charge in [0.2, 0.25) is 0 Å². The van der Waals surface area contributed by atoms with E-state index in [-0.39, 0.29) is 19.2 Å². The van der Waals surface area contributed by atoms with Gasteiger partial charge in [0.1, 0.15) is 12.7 Å². The molecule has 1 fully saturated rings. The molecule has 1 aliphatic rings. The number of ether oxygens (including phenoxy) is 1. The van der Waals surface area contributed by atoms with Gasteiger partial charge in [-0.05, 0) is 36.5 Å². The molecule has 0 amide bonds. The Morgan fingerprint density at radius 3 is 2.63 bits per heavy atom. The zero-order chi connectivity index (χ0) is 14.4. The van der Waals surface area contributed by atoms with E-state index in [9.17, 15) is 4.79 Å². The molecule has 1 rings (SSSR count). The van der Waals surface area contributed by atoms with Crippen LogP contribution in [0.5, 0.6) is 0 Å². The number of hydrogen-bond donors (Lipinski definition) is 2. The van der Waals surface area contributed by atoms with Gasteiger partial charge in [0.05, 0.1) is 6.61 Å². The normalized spacial score (nSPS) is 29.3. The first-order valence-corrected chi connectivity index (χ1v) is 7.38. The zero-order valence-electron chi connectivity index (χ0n) is 12.3. The number of carbonyl (C=O) groups excluding carboxylic acids is 1. The predicted octanol–water partition coefficient (Wildman–Crippen LogP) is 1.98. The standard InChI is InChI=1S/C15H28O4/c1-10(2)14-5-4-11(3)6-12(14)7-15(18)19-9-13(17)8-16/h10-14,16-17H,4-9H2,1-3H3. The smallest absolute Gasteiger partial charge is 0.306 e. The van der Waals surface area contributed by atoms with Crippen molar-refractivity contribution in [2.24, 2.45) is 23.7 Å².